The zero-order chi connectivity index (χ0) is 17.3. The summed E-state index contributed by atoms with van der Waals surface area (Å²) < 4.78 is 5.81. The van der Waals surface area contributed by atoms with Gasteiger partial charge in [0.15, 0.2) is 5.84 Å². The number of esters is 1. The fourth-order valence-electron chi connectivity index (χ4n) is 3.42. The monoisotopic (exact) mass is 329 g/mol. The Hall–Kier alpha value is -2.37. The van der Waals surface area contributed by atoms with E-state index in [2.05, 4.69) is 4.90 Å². The normalized spacial score (nSPS) is 22.1. The second kappa shape index (κ2) is 6.26. The minimum absolute atomic E-state index is 0.0614. The molecule has 6 heteroatoms. The van der Waals surface area contributed by atoms with E-state index < -0.39 is 11.6 Å². The lowest BCUT2D eigenvalue weighted by Crippen LogP contribution is -2.49. The number of carbonyl (C=O) groups excluding carboxylic acids is 2. The lowest BCUT2D eigenvalue weighted by Gasteiger charge is -2.35. The molecule has 0 aromatic heterocycles. The van der Waals surface area contributed by atoms with Gasteiger partial charge in [-0.3, -0.25) is 9.59 Å². The fourth-order valence-corrected chi connectivity index (χ4v) is 3.42. The van der Waals surface area contributed by atoms with Crippen molar-refractivity contribution in [2.75, 3.05) is 27.2 Å². The van der Waals surface area contributed by atoms with Crippen molar-refractivity contribution < 1.29 is 14.3 Å². The van der Waals surface area contributed by atoms with Gasteiger partial charge in [0.05, 0.1) is 12.1 Å². The number of aliphatic imine (C=N–C) groups is 1. The Kier molecular flexibility index (Phi) is 4.30. The second-order valence-corrected chi connectivity index (χ2v) is 6.53. The fraction of sp³-hybridized carbons (Fsp3) is 0.500. The van der Waals surface area contributed by atoms with Gasteiger partial charge in [-0.05, 0) is 18.9 Å². The average molecular weight is 329 g/mol. The van der Waals surface area contributed by atoms with Gasteiger partial charge >= 0.3 is 5.97 Å². The van der Waals surface area contributed by atoms with E-state index in [0.717, 1.165) is 37.2 Å². The number of fused-ring (bicyclic) bond motifs is 1. The summed E-state index contributed by atoms with van der Waals surface area (Å²) in [5, 5.41) is 0. The molecule has 0 radical (unpaired) electrons. The van der Waals surface area contributed by atoms with E-state index in [1.807, 2.05) is 24.3 Å². The topological polar surface area (TPSA) is 62.2 Å². The van der Waals surface area contributed by atoms with Crippen molar-refractivity contribution in [3.05, 3.63) is 29.8 Å². The molecule has 0 N–H and O–H groups in total. The lowest BCUT2D eigenvalue weighted by molar-refractivity contribution is -0.155. The number of carbonyl (C=O) groups is 2. The van der Waals surface area contributed by atoms with Gasteiger partial charge in [0.2, 0.25) is 11.5 Å². The van der Waals surface area contributed by atoms with E-state index >= 15 is 0 Å². The molecule has 3 rings (SSSR count). The van der Waals surface area contributed by atoms with Crippen LogP contribution in [-0.2, 0) is 19.9 Å². The number of nitrogens with zero attached hydrogens (tertiary/aromatic N) is 3. The van der Waals surface area contributed by atoms with Crippen LogP contribution in [0.1, 0.15) is 31.7 Å². The Labute approximate surface area is 142 Å². The molecule has 1 atom stereocenters. The Morgan fingerprint density at radius 3 is 2.54 bits per heavy atom. The molecule has 1 amide bonds. The minimum atomic E-state index is -1.13. The molecule has 1 fully saturated rings. The molecule has 0 saturated carbocycles. The molecule has 1 saturated heterocycles. The molecule has 0 spiro atoms. The highest BCUT2D eigenvalue weighted by Gasteiger charge is 2.51. The van der Waals surface area contributed by atoms with Crippen LogP contribution in [0.4, 0.5) is 5.69 Å². The Balaban J connectivity index is 2.11. The summed E-state index contributed by atoms with van der Waals surface area (Å²) in [6.45, 7) is 3.11. The van der Waals surface area contributed by atoms with Crippen LogP contribution < -0.4 is 0 Å². The molecule has 2 aliphatic rings. The SMILES string of the molecule is CC(=O)OC1(CC(=O)N(C)C)C(N2CCCC2)=Nc2ccccc21. The molecule has 24 heavy (non-hydrogen) atoms. The van der Waals surface area contributed by atoms with Crippen molar-refractivity contribution in [3.63, 3.8) is 0 Å². The highest BCUT2D eigenvalue weighted by Crippen LogP contribution is 2.45. The molecule has 128 valence electrons. The van der Waals surface area contributed by atoms with Crippen molar-refractivity contribution in [3.8, 4) is 0 Å². The number of likely N-dealkylation sites (tertiary alicyclic amines) is 1. The summed E-state index contributed by atoms with van der Waals surface area (Å²) >= 11 is 0. The summed E-state index contributed by atoms with van der Waals surface area (Å²) in [7, 11) is 3.41. The standard InChI is InChI=1S/C18H23N3O3/c1-13(22)24-18(12-16(23)20(2)3)14-8-4-5-9-15(14)19-17(18)21-10-6-7-11-21/h4-5,8-9H,6-7,10-12H2,1-3H3. The van der Waals surface area contributed by atoms with Gasteiger partial charge in [-0.1, -0.05) is 18.2 Å². The summed E-state index contributed by atoms with van der Waals surface area (Å²) in [5.41, 5.74) is 0.429. The first-order valence-corrected chi connectivity index (χ1v) is 8.27. The Morgan fingerprint density at radius 1 is 1.25 bits per heavy atom. The maximum atomic E-state index is 12.5. The molecule has 0 aliphatic carbocycles. The Bertz CT molecular complexity index is 693. The third-order valence-electron chi connectivity index (χ3n) is 4.55. The van der Waals surface area contributed by atoms with E-state index in [4.69, 9.17) is 9.73 Å². The van der Waals surface area contributed by atoms with Gasteiger partial charge in [0.1, 0.15) is 0 Å². The Morgan fingerprint density at radius 2 is 1.92 bits per heavy atom. The van der Waals surface area contributed by atoms with Crippen LogP contribution in [0.25, 0.3) is 0 Å². The van der Waals surface area contributed by atoms with Gasteiger partial charge in [-0.2, -0.15) is 0 Å². The largest absolute Gasteiger partial charge is 0.445 e. The first-order chi connectivity index (χ1) is 11.4. The van der Waals surface area contributed by atoms with Gasteiger partial charge in [0, 0.05) is 39.7 Å². The van der Waals surface area contributed by atoms with Crippen LogP contribution >= 0.6 is 0 Å². The number of benzene rings is 1. The number of amides is 1. The maximum Gasteiger partial charge on any atom is 0.303 e. The molecule has 2 aliphatic heterocycles. The average Bonchev–Trinajstić information content (AvgIpc) is 3.14. The number of rotatable bonds is 3. The van der Waals surface area contributed by atoms with Crippen molar-refractivity contribution in [2.24, 2.45) is 4.99 Å². The van der Waals surface area contributed by atoms with Gasteiger partial charge < -0.3 is 14.5 Å². The quantitative estimate of drug-likeness (QED) is 0.797. The van der Waals surface area contributed by atoms with E-state index in [9.17, 15) is 9.59 Å². The van der Waals surface area contributed by atoms with Gasteiger partial charge in [-0.25, -0.2) is 4.99 Å². The van der Waals surface area contributed by atoms with Crippen LogP contribution in [0.3, 0.4) is 0 Å². The first-order valence-electron chi connectivity index (χ1n) is 8.27. The van der Waals surface area contributed by atoms with E-state index in [0.29, 0.717) is 5.84 Å². The lowest BCUT2D eigenvalue weighted by atomic mass is 9.88. The molecular formula is C18H23N3O3. The number of amidine groups is 1. The molecule has 1 unspecified atom stereocenters. The number of ether oxygens (including phenoxy) is 1. The van der Waals surface area contributed by atoms with E-state index in [-0.39, 0.29) is 12.3 Å². The van der Waals surface area contributed by atoms with E-state index in [1.165, 1.54) is 11.8 Å². The molecule has 6 nitrogen and oxygen atoms in total. The molecule has 0 bridgehead atoms. The van der Waals surface area contributed by atoms with Gasteiger partial charge in [-0.15, -0.1) is 0 Å². The van der Waals surface area contributed by atoms with Crippen molar-refractivity contribution in [1.82, 2.24) is 9.80 Å². The third kappa shape index (κ3) is 2.77. The summed E-state index contributed by atoms with van der Waals surface area (Å²) in [4.78, 5) is 32.8. The zero-order valence-corrected chi connectivity index (χ0v) is 14.4. The van der Waals surface area contributed by atoms with Crippen LogP contribution in [-0.4, -0.2) is 54.7 Å². The predicted octanol–water partition coefficient (Wildman–Crippen LogP) is 2.06. The first kappa shape index (κ1) is 16.5. The predicted molar refractivity (Wildman–Crippen MR) is 91.1 cm³/mol. The van der Waals surface area contributed by atoms with Crippen LogP contribution in [0.2, 0.25) is 0 Å². The van der Waals surface area contributed by atoms with E-state index in [1.54, 1.807) is 14.1 Å². The van der Waals surface area contributed by atoms with Crippen LogP contribution in [0, 0.1) is 0 Å². The van der Waals surface area contributed by atoms with Crippen molar-refractivity contribution in [2.45, 2.75) is 31.8 Å². The van der Waals surface area contributed by atoms with Crippen molar-refractivity contribution in [1.29, 1.82) is 0 Å². The van der Waals surface area contributed by atoms with Crippen molar-refractivity contribution >= 4 is 23.4 Å². The molecule has 2 heterocycles. The summed E-state index contributed by atoms with van der Waals surface area (Å²) in [6.07, 6.45) is 2.21. The number of para-hydroxylation sites is 1. The molecule has 1 aromatic rings. The minimum Gasteiger partial charge on any atom is -0.445 e. The smallest absolute Gasteiger partial charge is 0.303 e. The highest BCUT2D eigenvalue weighted by molar-refractivity contribution is 6.03. The van der Waals surface area contributed by atoms with Crippen LogP contribution in [0.15, 0.2) is 29.3 Å². The second-order valence-electron chi connectivity index (χ2n) is 6.53. The van der Waals surface area contributed by atoms with Gasteiger partial charge in [0.25, 0.3) is 0 Å². The molecular weight excluding hydrogens is 306 g/mol. The highest BCUT2D eigenvalue weighted by atomic mass is 16.6. The zero-order valence-electron chi connectivity index (χ0n) is 14.4. The summed E-state index contributed by atoms with van der Waals surface area (Å²) in [5.74, 6) is 0.177. The molecule has 1 aromatic carbocycles. The van der Waals surface area contributed by atoms with Crippen LogP contribution in [0.5, 0.6) is 0 Å². The number of hydrogen-bond donors (Lipinski definition) is 0. The number of hydrogen-bond acceptors (Lipinski definition) is 5. The third-order valence-corrected chi connectivity index (χ3v) is 4.55. The summed E-state index contributed by atoms with van der Waals surface area (Å²) in [6, 6.07) is 7.59. The maximum absolute atomic E-state index is 12.5.